The Labute approximate surface area is 107 Å². The summed E-state index contributed by atoms with van der Waals surface area (Å²) in [5.41, 5.74) is 6.17. The summed E-state index contributed by atoms with van der Waals surface area (Å²) in [6.45, 7) is 0. The molecule has 2 N–H and O–H groups in total. The second-order valence-electron chi connectivity index (χ2n) is 6.22. The van der Waals surface area contributed by atoms with Gasteiger partial charge in [-0.15, -0.1) is 0 Å². The summed E-state index contributed by atoms with van der Waals surface area (Å²) >= 11 is 0. The molecule has 0 radical (unpaired) electrons. The van der Waals surface area contributed by atoms with Gasteiger partial charge in [-0.25, -0.2) is 0 Å². The Kier molecular flexibility index (Phi) is 4.57. The third-order valence-electron chi connectivity index (χ3n) is 4.86. The van der Waals surface area contributed by atoms with Gasteiger partial charge in [0.05, 0.1) is 5.92 Å². The van der Waals surface area contributed by atoms with Gasteiger partial charge in [0.15, 0.2) is 0 Å². The topological polar surface area (TPSA) is 26.0 Å². The summed E-state index contributed by atoms with van der Waals surface area (Å²) in [5.74, 6) is -0.344. The Balaban J connectivity index is 1.83. The maximum atomic E-state index is 12.7. The summed E-state index contributed by atoms with van der Waals surface area (Å²) in [5, 5.41) is 0. The molecule has 3 atom stereocenters. The van der Waals surface area contributed by atoms with Gasteiger partial charge >= 0.3 is 6.18 Å². The van der Waals surface area contributed by atoms with Crippen LogP contribution in [0.5, 0.6) is 0 Å². The van der Waals surface area contributed by atoms with Gasteiger partial charge in [0.1, 0.15) is 0 Å². The van der Waals surface area contributed by atoms with Crippen LogP contribution in [0.25, 0.3) is 0 Å². The van der Waals surface area contributed by atoms with Crippen molar-refractivity contribution in [3.05, 3.63) is 0 Å². The van der Waals surface area contributed by atoms with Gasteiger partial charge in [-0.2, -0.15) is 13.2 Å². The molecule has 2 aliphatic carbocycles. The summed E-state index contributed by atoms with van der Waals surface area (Å²) in [4.78, 5) is 0. The van der Waals surface area contributed by atoms with Crippen LogP contribution in [0.2, 0.25) is 0 Å². The van der Waals surface area contributed by atoms with Crippen LogP contribution in [-0.2, 0) is 0 Å². The van der Waals surface area contributed by atoms with Crippen molar-refractivity contribution in [3.8, 4) is 0 Å². The van der Waals surface area contributed by atoms with Crippen LogP contribution in [0.3, 0.4) is 0 Å². The van der Waals surface area contributed by atoms with E-state index in [0.29, 0.717) is 18.8 Å². The van der Waals surface area contributed by atoms with Gasteiger partial charge in [0.25, 0.3) is 0 Å². The molecule has 0 heterocycles. The smallest absolute Gasteiger partial charge is 0.327 e. The molecule has 0 aliphatic heterocycles. The largest absolute Gasteiger partial charge is 0.391 e. The molecule has 0 bridgehead atoms. The standard InChI is InChI=1S/C14H24F3N/c15-14(16,17)12-7-3-6-11(9-12)13(18)8-10-4-1-2-5-10/h10-13H,1-9,18H2. The van der Waals surface area contributed by atoms with E-state index >= 15 is 0 Å². The third-order valence-corrected chi connectivity index (χ3v) is 4.86. The molecule has 2 rings (SSSR count). The average Bonchev–Trinajstić information content (AvgIpc) is 2.81. The third kappa shape index (κ3) is 3.62. The van der Waals surface area contributed by atoms with Gasteiger partial charge in [-0.1, -0.05) is 32.1 Å². The van der Waals surface area contributed by atoms with Crippen molar-refractivity contribution < 1.29 is 13.2 Å². The first-order valence-electron chi connectivity index (χ1n) is 7.29. The van der Waals surface area contributed by atoms with E-state index in [1.54, 1.807) is 0 Å². The van der Waals surface area contributed by atoms with Crippen LogP contribution in [0, 0.1) is 17.8 Å². The zero-order chi connectivity index (χ0) is 13.2. The minimum atomic E-state index is -4.02. The summed E-state index contributed by atoms with van der Waals surface area (Å²) in [7, 11) is 0. The van der Waals surface area contributed by atoms with E-state index in [1.807, 2.05) is 0 Å². The van der Waals surface area contributed by atoms with Gasteiger partial charge in [-0.05, 0) is 37.5 Å². The van der Waals surface area contributed by atoms with Gasteiger partial charge in [-0.3, -0.25) is 0 Å². The molecular weight excluding hydrogens is 239 g/mol. The Bertz CT molecular complexity index is 258. The van der Waals surface area contributed by atoms with E-state index in [-0.39, 0.29) is 18.4 Å². The second-order valence-corrected chi connectivity index (χ2v) is 6.22. The first kappa shape index (κ1) is 14.2. The highest BCUT2D eigenvalue weighted by Crippen LogP contribution is 2.42. The molecular formula is C14H24F3N. The number of rotatable bonds is 3. The van der Waals surface area contributed by atoms with Crippen LogP contribution >= 0.6 is 0 Å². The first-order valence-corrected chi connectivity index (χ1v) is 7.29. The van der Waals surface area contributed by atoms with Crippen LogP contribution in [0.4, 0.5) is 13.2 Å². The zero-order valence-electron chi connectivity index (χ0n) is 10.9. The highest BCUT2D eigenvalue weighted by Gasteiger charge is 2.43. The van der Waals surface area contributed by atoms with Crippen molar-refractivity contribution in [1.29, 1.82) is 0 Å². The number of alkyl halides is 3. The maximum absolute atomic E-state index is 12.7. The maximum Gasteiger partial charge on any atom is 0.391 e. The predicted molar refractivity (Wildman–Crippen MR) is 66.1 cm³/mol. The Morgan fingerprint density at radius 1 is 1.00 bits per heavy atom. The Morgan fingerprint density at radius 3 is 2.28 bits per heavy atom. The lowest BCUT2D eigenvalue weighted by atomic mass is 9.75. The van der Waals surface area contributed by atoms with Crippen LogP contribution in [-0.4, -0.2) is 12.2 Å². The number of hydrogen-bond donors (Lipinski definition) is 1. The lowest BCUT2D eigenvalue weighted by Crippen LogP contribution is -2.38. The van der Waals surface area contributed by atoms with E-state index in [9.17, 15) is 13.2 Å². The SMILES string of the molecule is NC(CC1CCCC1)C1CCCC(C(F)(F)F)C1. The quantitative estimate of drug-likeness (QED) is 0.808. The van der Waals surface area contributed by atoms with Crippen molar-refractivity contribution in [1.82, 2.24) is 0 Å². The zero-order valence-corrected chi connectivity index (χ0v) is 10.9. The fourth-order valence-electron chi connectivity index (χ4n) is 3.74. The number of nitrogens with two attached hydrogens (primary N) is 1. The van der Waals surface area contributed by atoms with E-state index < -0.39 is 12.1 Å². The fraction of sp³-hybridized carbons (Fsp3) is 1.00. The molecule has 106 valence electrons. The highest BCUT2D eigenvalue weighted by molar-refractivity contribution is 4.85. The molecule has 4 heteroatoms. The van der Waals surface area contributed by atoms with Crippen molar-refractivity contribution in [2.45, 2.75) is 70.0 Å². The minimum Gasteiger partial charge on any atom is -0.327 e. The van der Waals surface area contributed by atoms with E-state index in [2.05, 4.69) is 0 Å². The Hall–Kier alpha value is -0.250. The lowest BCUT2D eigenvalue weighted by Gasteiger charge is -2.34. The van der Waals surface area contributed by atoms with Gasteiger partial charge < -0.3 is 5.73 Å². The van der Waals surface area contributed by atoms with Crippen molar-refractivity contribution >= 4 is 0 Å². The molecule has 0 aromatic heterocycles. The van der Waals surface area contributed by atoms with Gasteiger partial charge in [0.2, 0.25) is 0 Å². The molecule has 3 unspecified atom stereocenters. The molecule has 0 aromatic rings. The van der Waals surface area contributed by atoms with Crippen molar-refractivity contribution in [3.63, 3.8) is 0 Å². The molecule has 2 saturated carbocycles. The average molecular weight is 263 g/mol. The molecule has 0 amide bonds. The van der Waals surface area contributed by atoms with Crippen LogP contribution in [0.15, 0.2) is 0 Å². The second kappa shape index (κ2) is 5.81. The molecule has 18 heavy (non-hydrogen) atoms. The van der Waals surface area contributed by atoms with Crippen LogP contribution in [0.1, 0.15) is 57.8 Å². The monoisotopic (exact) mass is 263 g/mol. The van der Waals surface area contributed by atoms with Crippen molar-refractivity contribution in [2.24, 2.45) is 23.5 Å². The first-order chi connectivity index (χ1) is 8.47. The summed E-state index contributed by atoms with van der Waals surface area (Å²) in [6.07, 6.45) is 4.05. The lowest BCUT2D eigenvalue weighted by molar-refractivity contribution is -0.186. The molecule has 2 aliphatic rings. The Morgan fingerprint density at radius 2 is 1.67 bits per heavy atom. The van der Waals surface area contributed by atoms with Crippen LogP contribution < -0.4 is 5.73 Å². The molecule has 2 fully saturated rings. The molecule has 1 nitrogen and oxygen atoms in total. The number of hydrogen-bond acceptors (Lipinski definition) is 1. The summed E-state index contributed by atoms with van der Waals surface area (Å²) in [6, 6.07) is -0.0155. The predicted octanol–water partition coefficient (Wildman–Crippen LogP) is 4.26. The molecule has 0 saturated heterocycles. The normalized spacial score (nSPS) is 32.7. The van der Waals surface area contributed by atoms with Crippen molar-refractivity contribution in [2.75, 3.05) is 0 Å². The van der Waals surface area contributed by atoms with E-state index in [4.69, 9.17) is 5.73 Å². The molecule has 0 spiro atoms. The van der Waals surface area contributed by atoms with Gasteiger partial charge in [0, 0.05) is 6.04 Å². The van der Waals surface area contributed by atoms with E-state index in [1.165, 1.54) is 25.7 Å². The highest BCUT2D eigenvalue weighted by atomic mass is 19.4. The number of halogens is 3. The summed E-state index contributed by atoms with van der Waals surface area (Å²) < 4.78 is 38.2. The fourth-order valence-corrected chi connectivity index (χ4v) is 3.74. The molecule has 0 aromatic carbocycles. The minimum absolute atomic E-state index is 0.0155. The van der Waals surface area contributed by atoms with E-state index in [0.717, 1.165) is 12.8 Å².